The number of aromatic nitrogens is 2. The van der Waals surface area contributed by atoms with E-state index in [0.29, 0.717) is 13.2 Å². The molecule has 2 aromatic heterocycles. The first-order valence-electron chi connectivity index (χ1n) is 10.3. The topological polar surface area (TPSA) is 46.8 Å². The number of hydrogen-bond acceptors (Lipinski definition) is 4. The van der Waals surface area contributed by atoms with Crippen LogP contribution in [0, 0.1) is 0 Å². The largest absolute Gasteiger partial charge is 0.487 e. The minimum atomic E-state index is -0.0360. The third kappa shape index (κ3) is 5.59. The van der Waals surface area contributed by atoms with Gasteiger partial charge >= 0.3 is 0 Å². The number of hydrogen-bond donors (Lipinski definition) is 0. The monoisotopic (exact) mass is 443 g/mol. The number of carbonyl (C=O) groups is 1. The molecule has 32 heavy (non-hydrogen) atoms. The maximum Gasteiger partial charge on any atom is 0.246 e. The summed E-state index contributed by atoms with van der Waals surface area (Å²) in [6.07, 6.45) is 9.40. The number of pyridine rings is 1. The predicted molar refractivity (Wildman–Crippen MR) is 130 cm³/mol. The van der Waals surface area contributed by atoms with E-state index in [1.165, 1.54) is 4.90 Å². The fraction of sp³-hybridized carbons (Fsp3) is 0.154. The number of rotatable bonds is 8. The molecule has 0 spiro atoms. The third-order valence-electron chi connectivity index (χ3n) is 5.05. The van der Waals surface area contributed by atoms with Crippen LogP contribution in [0.3, 0.4) is 0 Å². The van der Waals surface area contributed by atoms with Crippen molar-refractivity contribution < 1.29 is 9.53 Å². The summed E-state index contributed by atoms with van der Waals surface area (Å²) in [6.45, 7) is 0.978. The standard InChI is InChI=1S/C26H25N3O2S/c1-28(17-21-8-13-24(32-2)14-9-21)26(30)15-10-20-6-11-23(12-7-20)31-19-22-18-29-16-4-3-5-25(29)27-22/h3-16,18H,17,19H2,1-2H3. The lowest BCUT2D eigenvalue weighted by Crippen LogP contribution is -2.24. The number of nitrogens with zero attached hydrogens (tertiary/aromatic N) is 3. The van der Waals surface area contributed by atoms with Crippen molar-refractivity contribution in [3.05, 3.63) is 102 Å². The van der Waals surface area contributed by atoms with Gasteiger partial charge in [-0.2, -0.15) is 0 Å². The second kappa shape index (κ2) is 10.2. The lowest BCUT2D eigenvalue weighted by Gasteiger charge is -2.15. The van der Waals surface area contributed by atoms with E-state index in [1.54, 1.807) is 22.7 Å². The van der Waals surface area contributed by atoms with Crippen LogP contribution in [-0.4, -0.2) is 33.5 Å². The maximum absolute atomic E-state index is 12.4. The van der Waals surface area contributed by atoms with Gasteiger partial charge in [-0.3, -0.25) is 4.79 Å². The second-order valence-corrected chi connectivity index (χ2v) is 8.31. The van der Waals surface area contributed by atoms with Gasteiger partial charge in [0.2, 0.25) is 5.91 Å². The van der Waals surface area contributed by atoms with Crippen LogP contribution in [0.25, 0.3) is 11.7 Å². The molecule has 0 aliphatic carbocycles. The molecular formula is C26H25N3O2S. The van der Waals surface area contributed by atoms with Crippen LogP contribution in [0.4, 0.5) is 0 Å². The number of ether oxygens (including phenoxy) is 1. The molecule has 1 amide bonds. The fourth-order valence-corrected chi connectivity index (χ4v) is 3.67. The number of fused-ring (bicyclic) bond motifs is 1. The second-order valence-electron chi connectivity index (χ2n) is 7.43. The van der Waals surface area contributed by atoms with Crippen LogP contribution in [0.15, 0.2) is 90.1 Å². The zero-order valence-electron chi connectivity index (χ0n) is 18.1. The molecule has 0 aliphatic rings. The van der Waals surface area contributed by atoms with Gasteiger partial charge in [0.25, 0.3) is 0 Å². The smallest absolute Gasteiger partial charge is 0.246 e. The van der Waals surface area contributed by atoms with Gasteiger partial charge in [0, 0.05) is 37.0 Å². The van der Waals surface area contributed by atoms with Gasteiger partial charge in [-0.15, -0.1) is 11.8 Å². The number of thioether (sulfide) groups is 1. The van der Waals surface area contributed by atoms with Gasteiger partial charge in [-0.1, -0.05) is 30.3 Å². The molecule has 2 heterocycles. The molecule has 0 saturated carbocycles. The Hall–Kier alpha value is -3.51. The Balaban J connectivity index is 1.29. The fourth-order valence-electron chi connectivity index (χ4n) is 3.27. The minimum absolute atomic E-state index is 0.0360. The number of amides is 1. The molecule has 2 aromatic carbocycles. The van der Waals surface area contributed by atoms with Gasteiger partial charge in [0.05, 0.1) is 5.69 Å². The minimum Gasteiger partial charge on any atom is -0.487 e. The molecule has 4 rings (SSSR count). The first kappa shape index (κ1) is 21.7. The predicted octanol–water partition coefficient (Wildman–Crippen LogP) is 5.31. The van der Waals surface area contributed by atoms with Gasteiger partial charge in [0.1, 0.15) is 18.0 Å². The Morgan fingerprint density at radius 2 is 1.88 bits per heavy atom. The highest BCUT2D eigenvalue weighted by Gasteiger charge is 2.06. The van der Waals surface area contributed by atoms with E-state index < -0.39 is 0 Å². The van der Waals surface area contributed by atoms with Crippen molar-refractivity contribution in [3.63, 3.8) is 0 Å². The summed E-state index contributed by atoms with van der Waals surface area (Å²) in [7, 11) is 1.81. The van der Waals surface area contributed by atoms with Crippen molar-refractivity contribution in [2.75, 3.05) is 13.3 Å². The molecule has 6 heteroatoms. The zero-order chi connectivity index (χ0) is 22.3. The van der Waals surface area contributed by atoms with Gasteiger partial charge in [0.15, 0.2) is 0 Å². The highest BCUT2D eigenvalue weighted by Crippen LogP contribution is 2.17. The highest BCUT2D eigenvalue weighted by atomic mass is 32.2. The normalized spacial score (nSPS) is 11.2. The van der Waals surface area contributed by atoms with Crippen LogP contribution >= 0.6 is 11.8 Å². The lowest BCUT2D eigenvalue weighted by atomic mass is 10.2. The summed E-state index contributed by atoms with van der Waals surface area (Å²) < 4.78 is 7.82. The molecule has 0 radical (unpaired) electrons. The molecule has 0 fully saturated rings. The third-order valence-corrected chi connectivity index (χ3v) is 5.80. The summed E-state index contributed by atoms with van der Waals surface area (Å²) in [6, 6.07) is 21.8. The molecular weight excluding hydrogens is 418 g/mol. The molecule has 0 aliphatic heterocycles. The molecule has 0 bridgehead atoms. The Labute approximate surface area is 192 Å². The molecule has 0 saturated heterocycles. The zero-order valence-corrected chi connectivity index (χ0v) is 19.0. The van der Waals surface area contributed by atoms with Gasteiger partial charge in [-0.25, -0.2) is 4.98 Å². The highest BCUT2D eigenvalue weighted by molar-refractivity contribution is 7.98. The van der Waals surface area contributed by atoms with Crippen molar-refractivity contribution in [1.82, 2.24) is 14.3 Å². The Kier molecular flexibility index (Phi) is 6.92. The van der Waals surface area contributed by atoms with E-state index in [9.17, 15) is 4.79 Å². The molecule has 0 N–H and O–H groups in total. The average molecular weight is 444 g/mol. The summed E-state index contributed by atoms with van der Waals surface area (Å²) in [4.78, 5) is 19.9. The van der Waals surface area contributed by atoms with Crippen molar-refractivity contribution in [2.24, 2.45) is 0 Å². The van der Waals surface area contributed by atoms with E-state index in [1.807, 2.05) is 72.4 Å². The average Bonchev–Trinajstić information content (AvgIpc) is 3.25. The molecule has 162 valence electrons. The van der Waals surface area contributed by atoms with Crippen LogP contribution in [0.2, 0.25) is 0 Å². The van der Waals surface area contributed by atoms with E-state index in [4.69, 9.17) is 4.74 Å². The van der Waals surface area contributed by atoms with Crippen molar-refractivity contribution >= 4 is 29.4 Å². The molecule has 0 atom stereocenters. The van der Waals surface area contributed by atoms with E-state index in [0.717, 1.165) is 28.2 Å². The maximum atomic E-state index is 12.4. The van der Waals surface area contributed by atoms with Crippen molar-refractivity contribution in [3.8, 4) is 5.75 Å². The summed E-state index contributed by atoms with van der Waals surface area (Å²) in [5, 5.41) is 0. The number of benzene rings is 2. The van der Waals surface area contributed by atoms with Crippen LogP contribution < -0.4 is 4.74 Å². The van der Waals surface area contributed by atoms with E-state index in [2.05, 4.69) is 35.5 Å². The molecule has 0 unspecified atom stereocenters. The number of likely N-dealkylation sites (N-methyl/N-ethyl adjacent to an activating group) is 1. The van der Waals surface area contributed by atoms with Crippen molar-refractivity contribution in [2.45, 2.75) is 18.0 Å². The van der Waals surface area contributed by atoms with Gasteiger partial charge in [-0.05, 0) is 59.9 Å². The van der Waals surface area contributed by atoms with Gasteiger partial charge < -0.3 is 14.0 Å². The Morgan fingerprint density at radius 3 is 2.59 bits per heavy atom. The lowest BCUT2D eigenvalue weighted by molar-refractivity contribution is -0.125. The molecule has 4 aromatic rings. The first-order chi connectivity index (χ1) is 15.6. The Bertz CT molecular complexity index is 1180. The first-order valence-corrected chi connectivity index (χ1v) is 11.5. The Morgan fingerprint density at radius 1 is 1.09 bits per heavy atom. The van der Waals surface area contributed by atoms with Crippen molar-refractivity contribution in [1.29, 1.82) is 0 Å². The quantitative estimate of drug-likeness (QED) is 0.274. The van der Waals surface area contributed by atoms with E-state index >= 15 is 0 Å². The summed E-state index contributed by atoms with van der Waals surface area (Å²) >= 11 is 1.71. The summed E-state index contributed by atoms with van der Waals surface area (Å²) in [5.41, 5.74) is 3.82. The number of imidazole rings is 1. The van der Waals surface area contributed by atoms with Crippen LogP contribution in [0.5, 0.6) is 5.75 Å². The molecule has 5 nitrogen and oxygen atoms in total. The van der Waals surface area contributed by atoms with E-state index in [-0.39, 0.29) is 5.91 Å². The van der Waals surface area contributed by atoms with Crippen LogP contribution in [0.1, 0.15) is 16.8 Å². The summed E-state index contributed by atoms with van der Waals surface area (Å²) in [5.74, 6) is 0.724. The SMILES string of the molecule is CSc1ccc(CN(C)C(=O)C=Cc2ccc(OCc3cn4ccccc4n3)cc2)cc1. The number of carbonyl (C=O) groups excluding carboxylic acids is 1. The van der Waals surface area contributed by atoms with Crippen LogP contribution in [-0.2, 0) is 17.9 Å².